The van der Waals surface area contributed by atoms with Gasteiger partial charge < -0.3 is 15.0 Å². The number of urea groups is 1. The molecule has 0 radical (unpaired) electrons. The number of carbonyl (C=O) groups is 1. The third kappa shape index (κ3) is 4.14. The number of hydrogen-bond acceptors (Lipinski definition) is 4. The number of hydrogen-bond donors (Lipinski definition) is 2. The largest absolute Gasteiger partial charge is 0.497 e. The molecule has 6 heteroatoms. The van der Waals surface area contributed by atoms with E-state index in [1.165, 1.54) is 0 Å². The minimum atomic E-state index is -0.384. The van der Waals surface area contributed by atoms with Crippen LogP contribution in [0.4, 0.5) is 10.5 Å². The van der Waals surface area contributed by atoms with Crippen LogP contribution in [0.5, 0.6) is 5.75 Å². The van der Waals surface area contributed by atoms with Gasteiger partial charge >= 0.3 is 6.03 Å². The summed E-state index contributed by atoms with van der Waals surface area (Å²) in [7, 11) is 1.66. The normalized spacial score (nSPS) is 17.6. The summed E-state index contributed by atoms with van der Waals surface area (Å²) in [6.45, 7) is 5.54. The molecule has 0 aliphatic carbocycles. The number of benzene rings is 2. The van der Waals surface area contributed by atoms with E-state index in [1.807, 2.05) is 47.4 Å². The maximum atomic E-state index is 12.8. The van der Waals surface area contributed by atoms with Crippen molar-refractivity contribution in [1.82, 2.24) is 10.4 Å². The molecule has 2 aliphatic rings. The highest BCUT2D eigenvalue weighted by atomic mass is 16.7. The monoisotopic (exact) mass is 407 g/mol. The molecular weight excluding hydrogens is 378 g/mol. The van der Waals surface area contributed by atoms with E-state index >= 15 is 0 Å². The third-order valence-corrected chi connectivity index (χ3v) is 5.87. The van der Waals surface area contributed by atoms with Gasteiger partial charge in [-0.25, -0.2) is 4.79 Å². The van der Waals surface area contributed by atoms with Gasteiger partial charge in [-0.05, 0) is 35.8 Å². The van der Waals surface area contributed by atoms with Gasteiger partial charge in [0.2, 0.25) is 0 Å². The van der Waals surface area contributed by atoms with Crippen molar-refractivity contribution in [2.24, 2.45) is 0 Å². The van der Waals surface area contributed by atoms with E-state index in [0.717, 1.165) is 41.1 Å². The van der Waals surface area contributed by atoms with Gasteiger partial charge in [0, 0.05) is 37.2 Å². The maximum absolute atomic E-state index is 12.8. The Balaban J connectivity index is 1.40. The predicted octanol–water partition coefficient (Wildman–Crippen LogP) is 4.76. The van der Waals surface area contributed by atoms with Crippen LogP contribution in [0.15, 0.2) is 54.6 Å². The number of nitrogens with one attached hydrogen (secondary N) is 2. The zero-order valence-corrected chi connectivity index (χ0v) is 17.8. The Bertz CT molecular complexity index is 946. The molecule has 4 rings (SSSR count). The van der Waals surface area contributed by atoms with Gasteiger partial charge in [-0.3, -0.25) is 10.3 Å². The standard InChI is InChI=1S/C24H29N3O3/c1-17(2)20-9-4-5-10-21(20)25-23(28)27-13-11-24(12-14-27)16-22(26-30-24)18-7-6-8-19(15-18)29-3/h4-10,15-17,26H,11-14H2,1-3H3,(H,25,28). The van der Waals surface area contributed by atoms with Crippen molar-refractivity contribution in [2.75, 3.05) is 25.5 Å². The minimum Gasteiger partial charge on any atom is -0.497 e. The van der Waals surface area contributed by atoms with E-state index in [-0.39, 0.29) is 11.6 Å². The number of para-hydroxylation sites is 1. The van der Waals surface area contributed by atoms with Crippen molar-refractivity contribution in [3.05, 3.63) is 65.7 Å². The number of anilines is 1. The van der Waals surface area contributed by atoms with Crippen molar-refractivity contribution in [3.63, 3.8) is 0 Å². The molecule has 2 aliphatic heterocycles. The number of rotatable bonds is 4. The lowest BCUT2D eigenvalue weighted by molar-refractivity contribution is -0.0634. The molecule has 1 saturated heterocycles. The Labute approximate surface area is 177 Å². The molecule has 2 aromatic carbocycles. The lowest BCUT2D eigenvalue weighted by Crippen LogP contribution is -2.48. The van der Waals surface area contributed by atoms with Crippen molar-refractivity contribution < 1.29 is 14.4 Å². The molecule has 0 bridgehead atoms. The van der Waals surface area contributed by atoms with Crippen LogP contribution >= 0.6 is 0 Å². The number of likely N-dealkylation sites (tertiary alicyclic amines) is 1. The van der Waals surface area contributed by atoms with E-state index in [0.29, 0.717) is 19.0 Å². The van der Waals surface area contributed by atoms with Crippen molar-refractivity contribution in [1.29, 1.82) is 0 Å². The zero-order chi connectivity index (χ0) is 21.1. The highest BCUT2D eigenvalue weighted by molar-refractivity contribution is 5.90. The van der Waals surface area contributed by atoms with Crippen LogP contribution < -0.4 is 15.5 Å². The number of methoxy groups -OCH3 is 1. The molecule has 0 aromatic heterocycles. The average molecular weight is 408 g/mol. The lowest BCUT2D eigenvalue weighted by Gasteiger charge is -2.36. The fourth-order valence-electron chi connectivity index (χ4n) is 4.05. The Hall–Kier alpha value is -2.99. The Morgan fingerprint density at radius 2 is 1.93 bits per heavy atom. The van der Waals surface area contributed by atoms with Crippen molar-refractivity contribution >= 4 is 17.4 Å². The molecule has 2 heterocycles. The fraction of sp³-hybridized carbons (Fsp3) is 0.375. The van der Waals surface area contributed by atoms with Gasteiger partial charge in [0.25, 0.3) is 0 Å². The first-order chi connectivity index (χ1) is 14.5. The van der Waals surface area contributed by atoms with E-state index < -0.39 is 0 Å². The molecule has 30 heavy (non-hydrogen) atoms. The van der Waals surface area contributed by atoms with E-state index in [4.69, 9.17) is 9.57 Å². The molecule has 2 amide bonds. The maximum Gasteiger partial charge on any atom is 0.321 e. The second-order valence-electron chi connectivity index (χ2n) is 8.22. The summed E-state index contributed by atoms with van der Waals surface area (Å²) in [5.74, 6) is 1.16. The minimum absolute atomic E-state index is 0.0547. The summed E-state index contributed by atoms with van der Waals surface area (Å²) in [4.78, 5) is 20.7. The van der Waals surface area contributed by atoms with Gasteiger partial charge in [0.05, 0.1) is 12.8 Å². The Morgan fingerprint density at radius 1 is 1.17 bits per heavy atom. The predicted molar refractivity (Wildman–Crippen MR) is 118 cm³/mol. The molecule has 2 N–H and O–H groups in total. The van der Waals surface area contributed by atoms with Crippen LogP contribution in [-0.4, -0.2) is 36.7 Å². The highest BCUT2D eigenvalue weighted by Gasteiger charge is 2.40. The lowest BCUT2D eigenvalue weighted by atomic mass is 9.90. The number of nitrogens with zero attached hydrogens (tertiary/aromatic N) is 1. The van der Waals surface area contributed by atoms with Crippen LogP contribution in [-0.2, 0) is 4.84 Å². The van der Waals surface area contributed by atoms with Crippen LogP contribution in [0.25, 0.3) is 5.70 Å². The molecule has 6 nitrogen and oxygen atoms in total. The van der Waals surface area contributed by atoms with Crippen LogP contribution in [0, 0.1) is 0 Å². The zero-order valence-electron chi connectivity index (χ0n) is 17.8. The van der Waals surface area contributed by atoms with E-state index in [2.05, 4.69) is 36.8 Å². The number of hydroxylamine groups is 1. The molecule has 2 aromatic rings. The fourth-order valence-corrected chi connectivity index (χ4v) is 4.05. The summed E-state index contributed by atoms with van der Waals surface area (Å²) in [5, 5.41) is 3.09. The Morgan fingerprint density at radius 3 is 2.67 bits per heavy atom. The van der Waals surface area contributed by atoms with Gasteiger partial charge in [0.1, 0.15) is 11.4 Å². The topological polar surface area (TPSA) is 62.8 Å². The molecule has 0 unspecified atom stereocenters. The summed E-state index contributed by atoms with van der Waals surface area (Å²) in [6.07, 6.45) is 3.63. The van der Waals surface area contributed by atoms with Gasteiger partial charge in [-0.1, -0.05) is 44.2 Å². The summed E-state index contributed by atoms with van der Waals surface area (Å²) < 4.78 is 5.32. The molecule has 1 spiro atoms. The summed E-state index contributed by atoms with van der Waals surface area (Å²) >= 11 is 0. The SMILES string of the molecule is COc1cccc(C2=CC3(CCN(C(=O)Nc4ccccc4C(C)C)CC3)ON2)c1. The second-order valence-corrected chi connectivity index (χ2v) is 8.22. The summed E-state index contributed by atoms with van der Waals surface area (Å²) in [5.41, 5.74) is 6.69. The number of carbonyl (C=O) groups excluding carboxylic acids is 1. The van der Waals surface area contributed by atoms with Crippen molar-refractivity contribution in [3.8, 4) is 5.75 Å². The first-order valence-electron chi connectivity index (χ1n) is 10.5. The number of ether oxygens (including phenoxy) is 1. The number of amides is 2. The van der Waals surface area contributed by atoms with Gasteiger partial charge in [-0.15, -0.1) is 0 Å². The highest BCUT2D eigenvalue weighted by Crippen LogP contribution is 2.35. The first kappa shape index (κ1) is 20.3. The van der Waals surface area contributed by atoms with Gasteiger partial charge in [0.15, 0.2) is 0 Å². The quantitative estimate of drug-likeness (QED) is 0.767. The van der Waals surface area contributed by atoms with E-state index in [1.54, 1.807) is 7.11 Å². The molecular formula is C24H29N3O3. The van der Waals surface area contributed by atoms with Crippen molar-refractivity contribution in [2.45, 2.75) is 38.2 Å². The molecule has 1 fully saturated rings. The van der Waals surface area contributed by atoms with Gasteiger partial charge in [-0.2, -0.15) is 0 Å². The number of piperidine rings is 1. The van der Waals surface area contributed by atoms with E-state index in [9.17, 15) is 4.79 Å². The first-order valence-corrected chi connectivity index (χ1v) is 10.5. The van der Waals surface area contributed by atoms with Crippen LogP contribution in [0.3, 0.4) is 0 Å². The smallest absolute Gasteiger partial charge is 0.321 e. The summed E-state index contributed by atoms with van der Waals surface area (Å²) in [6, 6.07) is 15.8. The molecule has 0 atom stereocenters. The molecule has 0 saturated carbocycles. The van der Waals surface area contributed by atoms with Crippen LogP contribution in [0.2, 0.25) is 0 Å². The third-order valence-electron chi connectivity index (χ3n) is 5.87. The molecule has 158 valence electrons. The van der Waals surface area contributed by atoms with Crippen LogP contribution in [0.1, 0.15) is 43.7 Å². The second kappa shape index (κ2) is 8.40. The Kier molecular flexibility index (Phi) is 5.68. The average Bonchev–Trinajstić information content (AvgIpc) is 3.18.